The molecule has 0 spiro atoms. The summed E-state index contributed by atoms with van der Waals surface area (Å²) in [7, 11) is 0. The summed E-state index contributed by atoms with van der Waals surface area (Å²) >= 11 is 0. The van der Waals surface area contributed by atoms with Crippen LogP contribution in [0.3, 0.4) is 0 Å². The highest BCUT2D eigenvalue weighted by Crippen LogP contribution is 2.49. The van der Waals surface area contributed by atoms with Crippen molar-refractivity contribution in [1.29, 1.82) is 0 Å². The third-order valence-corrected chi connectivity index (χ3v) is 7.06. The number of benzene rings is 3. The van der Waals surface area contributed by atoms with Gasteiger partial charge in [0, 0.05) is 23.3 Å². The lowest BCUT2D eigenvalue weighted by Gasteiger charge is -2.50. The van der Waals surface area contributed by atoms with Crippen LogP contribution in [-0.2, 0) is 9.47 Å². The SMILES string of the molecule is O=C(OC1C2CCC(C(C(=O)c3ccccc3)C2)C1OC(=O)c1ccccc1)c1ccccc1. The van der Waals surface area contributed by atoms with E-state index < -0.39 is 24.1 Å². The van der Waals surface area contributed by atoms with E-state index in [1.807, 2.05) is 42.5 Å². The Hall–Kier alpha value is -3.73. The van der Waals surface area contributed by atoms with Gasteiger partial charge in [0.1, 0.15) is 12.2 Å². The van der Waals surface area contributed by atoms with E-state index >= 15 is 0 Å². The van der Waals surface area contributed by atoms with Crippen molar-refractivity contribution < 1.29 is 23.9 Å². The molecule has 5 atom stereocenters. The number of rotatable bonds is 6. The van der Waals surface area contributed by atoms with Gasteiger partial charge in [0.15, 0.2) is 5.78 Å². The van der Waals surface area contributed by atoms with E-state index in [-0.39, 0.29) is 23.5 Å². The number of carbonyl (C=O) groups is 3. The summed E-state index contributed by atoms with van der Waals surface area (Å²) < 4.78 is 12.0. The molecule has 172 valence electrons. The standard InChI is InChI=1S/C29H26O5/c30-25(19-10-4-1-5-11-19)24-18-22-16-17-23(24)27(34-29(32)21-14-8-3-9-15-21)26(22)33-28(31)20-12-6-2-7-13-20/h1-15,22-24,26-27H,16-18H2. The fourth-order valence-corrected chi connectivity index (χ4v) is 5.40. The van der Waals surface area contributed by atoms with Crippen molar-refractivity contribution in [1.82, 2.24) is 0 Å². The molecule has 3 aliphatic rings. The van der Waals surface area contributed by atoms with Crippen LogP contribution in [0, 0.1) is 17.8 Å². The van der Waals surface area contributed by atoms with Gasteiger partial charge in [-0.2, -0.15) is 0 Å². The van der Waals surface area contributed by atoms with Crippen LogP contribution in [0.1, 0.15) is 50.3 Å². The molecule has 34 heavy (non-hydrogen) atoms. The summed E-state index contributed by atoms with van der Waals surface area (Å²) in [5.41, 5.74) is 1.54. The molecule has 6 rings (SSSR count). The van der Waals surface area contributed by atoms with E-state index in [2.05, 4.69) is 0 Å². The third kappa shape index (κ3) is 4.38. The smallest absolute Gasteiger partial charge is 0.338 e. The summed E-state index contributed by atoms with van der Waals surface area (Å²) in [6.45, 7) is 0. The lowest BCUT2D eigenvalue weighted by molar-refractivity contribution is -0.134. The van der Waals surface area contributed by atoms with Crippen LogP contribution in [-0.4, -0.2) is 29.9 Å². The van der Waals surface area contributed by atoms with Gasteiger partial charge in [0.25, 0.3) is 0 Å². The molecule has 5 heteroatoms. The first-order valence-corrected chi connectivity index (χ1v) is 11.7. The van der Waals surface area contributed by atoms with Crippen LogP contribution in [0.4, 0.5) is 0 Å². The lowest BCUT2D eigenvalue weighted by Crippen LogP contribution is -2.57. The molecular weight excluding hydrogens is 428 g/mol. The molecule has 0 heterocycles. The van der Waals surface area contributed by atoms with Gasteiger partial charge in [0.2, 0.25) is 0 Å². The number of hydrogen-bond donors (Lipinski definition) is 0. The Morgan fingerprint density at radius 3 is 1.59 bits per heavy atom. The van der Waals surface area contributed by atoms with Gasteiger partial charge < -0.3 is 9.47 Å². The number of fused-ring (bicyclic) bond motifs is 3. The van der Waals surface area contributed by atoms with Crippen molar-refractivity contribution >= 4 is 17.7 Å². The van der Waals surface area contributed by atoms with Crippen LogP contribution in [0.15, 0.2) is 91.0 Å². The first-order chi connectivity index (χ1) is 16.6. The van der Waals surface area contributed by atoms with E-state index in [4.69, 9.17) is 9.47 Å². The largest absolute Gasteiger partial charge is 0.455 e. The maximum absolute atomic E-state index is 13.4. The van der Waals surface area contributed by atoms with Crippen LogP contribution in [0.25, 0.3) is 0 Å². The average Bonchev–Trinajstić information content (AvgIpc) is 2.91. The highest BCUT2D eigenvalue weighted by molar-refractivity contribution is 5.98. The molecule has 3 aliphatic carbocycles. The van der Waals surface area contributed by atoms with Crippen molar-refractivity contribution in [3.05, 3.63) is 108 Å². The van der Waals surface area contributed by atoms with E-state index in [0.29, 0.717) is 23.1 Å². The van der Waals surface area contributed by atoms with Gasteiger partial charge in [-0.15, -0.1) is 0 Å². The Labute approximate surface area is 198 Å². The van der Waals surface area contributed by atoms with Crippen molar-refractivity contribution in [2.45, 2.75) is 31.5 Å². The number of esters is 2. The average molecular weight is 455 g/mol. The molecule has 3 fully saturated rings. The Morgan fingerprint density at radius 2 is 1.06 bits per heavy atom. The molecule has 3 saturated carbocycles. The van der Waals surface area contributed by atoms with Gasteiger partial charge in [-0.05, 0) is 43.5 Å². The number of ketones is 1. The quantitative estimate of drug-likeness (QED) is 0.370. The summed E-state index contributed by atoms with van der Waals surface area (Å²) in [6.07, 6.45) is 0.935. The lowest BCUT2D eigenvalue weighted by atomic mass is 9.60. The van der Waals surface area contributed by atoms with Crippen molar-refractivity contribution in [3.8, 4) is 0 Å². The first kappa shape index (κ1) is 22.1. The Morgan fingerprint density at radius 1 is 0.588 bits per heavy atom. The molecule has 0 amide bonds. The molecule has 3 aromatic rings. The topological polar surface area (TPSA) is 69.7 Å². The van der Waals surface area contributed by atoms with Gasteiger partial charge in [-0.3, -0.25) is 4.79 Å². The molecule has 0 aliphatic heterocycles. The highest BCUT2D eigenvalue weighted by Gasteiger charge is 2.54. The van der Waals surface area contributed by atoms with Gasteiger partial charge in [0.05, 0.1) is 11.1 Å². The van der Waals surface area contributed by atoms with Crippen LogP contribution >= 0.6 is 0 Å². The molecule has 0 N–H and O–H groups in total. The number of Topliss-reactive ketones (excluding diaryl/α,β-unsaturated/α-hetero) is 1. The molecule has 5 nitrogen and oxygen atoms in total. The van der Waals surface area contributed by atoms with E-state index in [0.717, 1.165) is 12.8 Å². The zero-order valence-corrected chi connectivity index (χ0v) is 18.7. The zero-order valence-electron chi connectivity index (χ0n) is 18.7. The van der Waals surface area contributed by atoms with Crippen LogP contribution < -0.4 is 0 Å². The first-order valence-electron chi connectivity index (χ1n) is 11.7. The number of carbonyl (C=O) groups excluding carboxylic acids is 3. The number of ether oxygens (including phenoxy) is 2. The monoisotopic (exact) mass is 454 g/mol. The van der Waals surface area contributed by atoms with E-state index in [1.165, 1.54) is 0 Å². The molecule has 5 unspecified atom stereocenters. The molecule has 0 saturated heterocycles. The second kappa shape index (κ2) is 9.64. The second-order valence-electron chi connectivity index (χ2n) is 9.05. The highest BCUT2D eigenvalue weighted by atomic mass is 16.6. The maximum atomic E-state index is 13.4. The summed E-state index contributed by atoms with van der Waals surface area (Å²) in [6, 6.07) is 26.8. The summed E-state index contributed by atoms with van der Waals surface area (Å²) in [5.74, 6) is -1.39. The van der Waals surface area contributed by atoms with Crippen LogP contribution in [0.5, 0.6) is 0 Å². The molecular formula is C29H26O5. The predicted molar refractivity (Wildman–Crippen MR) is 126 cm³/mol. The minimum atomic E-state index is -0.675. The minimum absolute atomic E-state index is 0.0519. The van der Waals surface area contributed by atoms with Crippen molar-refractivity contribution in [3.63, 3.8) is 0 Å². The fraction of sp³-hybridized carbons (Fsp3) is 0.276. The number of hydrogen-bond acceptors (Lipinski definition) is 5. The Balaban J connectivity index is 1.43. The van der Waals surface area contributed by atoms with Gasteiger partial charge >= 0.3 is 11.9 Å². The minimum Gasteiger partial charge on any atom is -0.455 e. The summed E-state index contributed by atoms with van der Waals surface area (Å²) in [4.78, 5) is 39.3. The molecule has 0 radical (unpaired) electrons. The van der Waals surface area contributed by atoms with E-state index in [1.54, 1.807) is 48.5 Å². The molecule has 2 bridgehead atoms. The third-order valence-electron chi connectivity index (χ3n) is 7.06. The Kier molecular flexibility index (Phi) is 6.26. The zero-order chi connectivity index (χ0) is 23.5. The summed E-state index contributed by atoms with van der Waals surface area (Å²) in [5, 5.41) is 0. The van der Waals surface area contributed by atoms with Crippen molar-refractivity contribution in [2.75, 3.05) is 0 Å². The van der Waals surface area contributed by atoms with Crippen LogP contribution in [0.2, 0.25) is 0 Å². The van der Waals surface area contributed by atoms with Crippen molar-refractivity contribution in [2.24, 2.45) is 17.8 Å². The second-order valence-corrected chi connectivity index (χ2v) is 9.05. The fourth-order valence-electron chi connectivity index (χ4n) is 5.40. The van der Waals surface area contributed by atoms with Gasteiger partial charge in [-0.1, -0.05) is 66.7 Å². The molecule has 3 aromatic carbocycles. The predicted octanol–water partition coefficient (Wildman–Crippen LogP) is 5.37. The Bertz CT molecular complexity index is 1160. The maximum Gasteiger partial charge on any atom is 0.338 e. The molecule has 0 aromatic heterocycles. The van der Waals surface area contributed by atoms with Gasteiger partial charge in [-0.25, -0.2) is 9.59 Å². The normalized spacial score (nSPS) is 25.4. The van der Waals surface area contributed by atoms with E-state index in [9.17, 15) is 14.4 Å².